The normalized spacial score (nSPS) is 12.2. The number of rotatable bonds is 6. The molecule has 1 rings (SSSR count). The molecule has 1 aromatic rings. The number of amides is 1. The summed E-state index contributed by atoms with van der Waals surface area (Å²) in [6, 6.07) is 7.64. The smallest absolute Gasteiger partial charge is 0.238 e. The average molecular weight is 236 g/mol. The van der Waals surface area contributed by atoms with Crippen molar-refractivity contribution in [3.63, 3.8) is 0 Å². The Kier molecular flexibility index (Phi) is 5.66. The van der Waals surface area contributed by atoms with Crippen LogP contribution in [0.4, 0.5) is 5.69 Å². The maximum absolute atomic E-state index is 11.6. The summed E-state index contributed by atoms with van der Waals surface area (Å²) in [7, 11) is 0. The number of hydrogen-bond donors (Lipinski definition) is 3. The predicted molar refractivity (Wildman–Crippen MR) is 69.0 cm³/mol. The Morgan fingerprint density at radius 1 is 1.47 bits per heavy atom. The minimum atomic E-state index is -0.0949. The largest absolute Gasteiger partial charge is 0.395 e. The molecule has 3 N–H and O–H groups in total. The molecule has 0 bridgehead atoms. The van der Waals surface area contributed by atoms with Crippen molar-refractivity contribution >= 4 is 11.6 Å². The number of hydrogen-bond acceptors (Lipinski definition) is 3. The lowest BCUT2D eigenvalue weighted by Gasteiger charge is -2.13. The third-order valence-electron chi connectivity index (χ3n) is 2.57. The van der Waals surface area contributed by atoms with Crippen LogP contribution in [0.15, 0.2) is 24.3 Å². The van der Waals surface area contributed by atoms with Gasteiger partial charge in [-0.2, -0.15) is 0 Å². The van der Waals surface area contributed by atoms with Crippen molar-refractivity contribution in [1.82, 2.24) is 5.32 Å². The fraction of sp³-hybridized carbons (Fsp3) is 0.462. The molecular weight excluding hydrogens is 216 g/mol. The summed E-state index contributed by atoms with van der Waals surface area (Å²) < 4.78 is 0. The third-order valence-corrected chi connectivity index (χ3v) is 2.57. The van der Waals surface area contributed by atoms with Crippen LogP contribution in [0.2, 0.25) is 0 Å². The van der Waals surface area contributed by atoms with E-state index in [4.69, 9.17) is 5.11 Å². The molecule has 1 unspecified atom stereocenters. The van der Waals surface area contributed by atoms with Gasteiger partial charge in [-0.3, -0.25) is 4.79 Å². The highest BCUT2D eigenvalue weighted by atomic mass is 16.3. The van der Waals surface area contributed by atoms with Gasteiger partial charge in [-0.1, -0.05) is 19.1 Å². The molecule has 0 radical (unpaired) electrons. The van der Waals surface area contributed by atoms with E-state index in [1.54, 1.807) is 0 Å². The first-order valence-electron chi connectivity index (χ1n) is 5.86. The van der Waals surface area contributed by atoms with Gasteiger partial charge in [0.25, 0.3) is 0 Å². The van der Waals surface area contributed by atoms with Crippen LogP contribution in [0.5, 0.6) is 0 Å². The summed E-state index contributed by atoms with van der Waals surface area (Å²) in [6.07, 6.45) is 0.800. The number of aliphatic hydroxyl groups is 1. The van der Waals surface area contributed by atoms with Gasteiger partial charge in [0, 0.05) is 11.7 Å². The molecule has 0 saturated heterocycles. The average Bonchev–Trinajstić information content (AvgIpc) is 2.30. The summed E-state index contributed by atoms with van der Waals surface area (Å²) in [5.41, 5.74) is 1.91. The fourth-order valence-corrected chi connectivity index (χ4v) is 1.50. The van der Waals surface area contributed by atoms with Crippen molar-refractivity contribution in [1.29, 1.82) is 0 Å². The van der Waals surface area contributed by atoms with Crippen molar-refractivity contribution in [2.24, 2.45) is 0 Å². The van der Waals surface area contributed by atoms with Crippen LogP contribution >= 0.6 is 0 Å². The molecule has 94 valence electrons. The standard InChI is InChI=1S/C13H20N2O2/c1-3-11(9-16)14-8-13(17)15-12-6-4-5-10(2)7-12/h4-7,11,14,16H,3,8-9H2,1-2H3,(H,15,17). The molecule has 4 heteroatoms. The van der Waals surface area contributed by atoms with Crippen molar-refractivity contribution < 1.29 is 9.90 Å². The van der Waals surface area contributed by atoms with E-state index in [1.807, 2.05) is 38.1 Å². The highest BCUT2D eigenvalue weighted by molar-refractivity contribution is 5.92. The van der Waals surface area contributed by atoms with Crippen LogP contribution in [-0.2, 0) is 4.79 Å². The van der Waals surface area contributed by atoms with E-state index in [0.29, 0.717) is 0 Å². The molecule has 17 heavy (non-hydrogen) atoms. The molecule has 0 spiro atoms. The number of nitrogens with one attached hydrogen (secondary N) is 2. The number of anilines is 1. The minimum Gasteiger partial charge on any atom is -0.395 e. The van der Waals surface area contributed by atoms with E-state index in [-0.39, 0.29) is 25.1 Å². The molecule has 1 aromatic carbocycles. The SMILES string of the molecule is CCC(CO)NCC(=O)Nc1cccc(C)c1. The van der Waals surface area contributed by atoms with Gasteiger partial charge in [0.15, 0.2) is 0 Å². The van der Waals surface area contributed by atoms with E-state index in [1.165, 1.54) is 0 Å². The zero-order chi connectivity index (χ0) is 12.7. The lowest BCUT2D eigenvalue weighted by atomic mass is 10.2. The monoisotopic (exact) mass is 236 g/mol. The topological polar surface area (TPSA) is 61.4 Å². The zero-order valence-electron chi connectivity index (χ0n) is 10.4. The Morgan fingerprint density at radius 3 is 2.82 bits per heavy atom. The fourth-order valence-electron chi connectivity index (χ4n) is 1.50. The quantitative estimate of drug-likeness (QED) is 0.697. The Labute approximate surface area is 102 Å². The highest BCUT2D eigenvalue weighted by Crippen LogP contribution is 2.08. The summed E-state index contributed by atoms with van der Waals surface area (Å²) in [5, 5.41) is 14.8. The molecule has 1 amide bonds. The second kappa shape index (κ2) is 7.04. The second-order valence-electron chi connectivity index (χ2n) is 4.09. The Hall–Kier alpha value is -1.39. The Morgan fingerprint density at radius 2 is 2.24 bits per heavy atom. The molecule has 1 atom stereocenters. The van der Waals surface area contributed by atoms with Gasteiger partial charge >= 0.3 is 0 Å². The van der Waals surface area contributed by atoms with Gasteiger partial charge in [-0.25, -0.2) is 0 Å². The highest BCUT2D eigenvalue weighted by Gasteiger charge is 2.07. The van der Waals surface area contributed by atoms with Crippen molar-refractivity contribution in [2.75, 3.05) is 18.5 Å². The Balaban J connectivity index is 2.39. The number of benzene rings is 1. The number of aliphatic hydroxyl groups excluding tert-OH is 1. The maximum Gasteiger partial charge on any atom is 0.238 e. The first-order valence-corrected chi connectivity index (χ1v) is 5.86. The van der Waals surface area contributed by atoms with Gasteiger partial charge in [-0.05, 0) is 31.0 Å². The van der Waals surface area contributed by atoms with Gasteiger partial charge in [-0.15, -0.1) is 0 Å². The summed E-state index contributed by atoms with van der Waals surface area (Å²) in [5.74, 6) is -0.0949. The molecule has 0 aliphatic rings. The first-order chi connectivity index (χ1) is 8.15. The second-order valence-corrected chi connectivity index (χ2v) is 4.09. The van der Waals surface area contributed by atoms with Crippen LogP contribution in [0, 0.1) is 6.92 Å². The van der Waals surface area contributed by atoms with Gasteiger partial charge in [0.2, 0.25) is 5.91 Å². The first kappa shape index (κ1) is 13.7. The summed E-state index contributed by atoms with van der Waals surface area (Å²) in [6.45, 7) is 4.21. The molecule has 0 aromatic heterocycles. The minimum absolute atomic E-state index is 0.0155. The van der Waals surface area contributed by atoms with Crippen LogP contribution in [0.1, 0.15) is 18.9 Å². The summed E-state index contributed by atoms with van der Waals surface area (Å²) >= 11 is 0. The summed E-state index contributed by atoms with van der Waals surface area (Å²) in [4.78, 5) is 11.6. The predicted octanol–water partition coefficient (Wildman–Crippen LogP) is 1.29. The lowest BCUT2D eigenvalue weighted by molar-refractivity contribution is -0.115. The van der Waals surface area contributed by atoms with Crippen LogP contribution < -0.4 is 10.6 Å². The van der Waals surface area contributed by atoms with E-state index in [9.17, 15) is 4.79 Å². The van der Waals surface area contributed by atoms with Gasteiger partial charge in [0.1, 0.15) is 0 Å². The number of aryl methyl sites for hydroxylation is 1. The van der Waals surface area contributed by atoms with Gasteiger partial charge < -0.3 is 15.7 Å². The number of carbonyl (C=O) groups is 1. The third kappa shape index (κ3) is 4.97. The number of carbonyl (C=O) groups excluding carboxylic acids is 1. The van der Waals surface area contributed by atoms with E-state index in [0.717, 1.165) is 17.7 Å². The van der Waals surface area contributed by atoms with E-state index < -0.39 is 0 Å². The van der Waals surface area contributed by atoms with Crippen LogP contribution in [0.25, 0.3) is 0 Å². The lowest BCUT2D eigenvalue weighted by Crippen LogP contribution is -2.37. The van der Waals surface area contributed by atoms with E-state index >= 15 is 0 Å². The molecule has 4 nitrogen and oxygen atoms in total. The molecule has 0 aliphatic carbocycles. The molecular formula is C13H20N2O2. The molecule has 0 aliphatic heterocycles. The van der Waals surface area contributed by atoms with Crippen LogP contribution in [-0.4, -0.2) is 30.2 Å². The van der Waals surface area contributed by atoms with Gasteiger partial charge in [0.05, 0.1) is 13.2 Å². The Bertz CT molecular complexity index is 362. The maximum atomic E-state index is 11.6. The van der Waals surface area contributed by atoms with Crippen molar-refractivity contribution in [2.45, 2.75) is 26.3 Å². The zero-order valence-corrected chi connectivity index (χ0v) is 10.4. The van der Waals surface area contributed by atoms with E-state index in [2.05, 4.69) is 10.6 Å². The molecule has 0 saturated carbocycles. The molecule has 0 heterocycles. The van der Waals surface area contributed by atoms with Crippen molar-refractivity contribution in [3.8, 4) is 0 Å². The van der Waals surface area contributed by atoms with Crippen molar-refractivity contribution in [3.05, 3.63) is 29.8 Å². The molecule has 0 fully saturated rings. The van der Waals surface area contributed by atoms with Crippen LogP contribution in [0.3, 0.4) is 0 Å².